The summed E-state index contributed by atoms with van der Waals surface area (Å²) in [5, 5.41) is 1.14. The summed E-state index contributed by atoms with van der Waals surface area (Å²) in [6, 6.07) is 0. The maximum atomic E-state index is 2.47. The molecule has 0 N–H and O–H groups in total. The van der Waals surface area contributed by atoms with Gasteiger partial charge in [-0.1, -0.05) is 0 Å². The van der Waals surface area contributed by atoms with Crippen LogP contribution in [0.1, 0.15) is 54.4 Å². The Balaban J connectivity index is 0.00000169. The first kappa shape index (κ1) is 15.2. The third-order valence-corrected chi connectivity index (χ3v) is 11.2. The highest BCUT2D eigenvalue weighted by atomic mass is 127. The zero-order valence-corrected chi connectivity index (χ0v) is 13.7. The maximum Gasteiger partial charge on any atom is 0.0720 e. The largest absolute Gasteiger partial charge is 1.00 e. The molecule has 0 saturated carbocycles. The average Bonchev–Trinajstić information content (AvgIpc) is 2.28. The smallest absolute Gasteiger partial charge is 0.0720 e. The fraction of sp³-hybridized carbons (Fsp3) is 1.00. The number of hydrogen-bond donors (Lipinski definition) is 0. The van der Waals surface area contributed by atoms with Crippen LogP contribution in [0.15, 0.2) is 0 Å². The third kappa shape index (κ3) is 2.45. The van der Waals surface area contributed by atoms with Crippen LogP contribution in [0.25, 0.3) is 0 Å². The Labute approximate surface area is 108 Å². The molecule has 0 nitrogen and oxygen atoms in total. The van der Waals surface area contributed by atoms with E-state index in [-0.39, 0.29) is 24.0 Å². The molecule has 1 aliphatic heterocycles. The Bertz CT molecular complexity index is 163. The summed E-state index contributed by atoms with van der Waals surface area (Å²) in [4.78, 5) is 0. The minimum atomic E-state index is -0.715. The summed E-state index contributed by atoms with van der Waals surface area (Å²) in [6.07, 6.45) is 6.06. The lowest BCUT2D eigenvalue weighted by molar-refractivity contribution is -0.00000352. The lowest BCUT2D eigenvalue weighted by Gasteiger charge is -2.44. The summed E-state index contributed by atoms with van der Waals surface area (Å²) in [6.45, 7) is 14.8. The van der Waals surface area contributed by atoms with Gasteiger partial charge in [-0.2, -0.15) is 0 Å². The van der Waals surface area contributed by atoms with Gasteiger partial charge in [0.25, 0.3) is 0 Å². The molecule has 0 aromatic rings. The van der Waals surface area contributed by atoms with Gasteiger partial charge < -0.3 is 24.0 Å². The highest BCUT2D eigenvalue weighted by Crippen LogP contribution is 2.79. The first-order chi connectivity index (χ1) is 5.71. The zero-order chi connectivity index (χ0) is 10.3. The van der Waals surface area contributed by atoms with Crippen molar-refractivity contribution in [1.29, 1.82) is 0 Å². The third-order valence-electron chi connectivity index (χ3n) is 3.90. The number of halogens is 1. The van der Waals surface area contributed by atoms with Crippen molar-refractivity contribution in [3.8, 4) is 0 Å². The van der Waals surface area contributed by atoms with Crippen molar-refractivity contribution in [1.82, 2.24) is 0 Å². The van der Waals surface area contributed by atoms with Crippen molar-refractivity contribution in [2.75, 3.05) is 12.3 Å². The molecule has 0 aliphatic carbocycles. The summed E-state index contributed by atoms with van der Waals surface area (Å²) in [7, 11) is -0.715. The molecule has 1 saturated heterocycles. The summed E-state index contributed by atoms with van der Waals surface area (Å²) in [5.41, 5.74) is 0. The zero-order valence-electron chi connectivity index (χ0n) is 10.7. The van der Waals surface area contributed by atoms with Crippen LogP contribution in [0.3, 0.4) is 0 Å². The molecule has 0 spiro atoms. The topological polar surface area (TPSA) is 0 Å². The number of hydrogen-bond acceptors (Lipinski definition) is 0. The molecule has 0 radical (unpaired) electrons. The van der Waals surface area contributed by atoms with E-state index in [1.165, 1.54) is 12.8 Å². The van der Waals surface area contributed by atoms with Crippen molar-refractivity contribution >= 4 is 7.26 Å². The van der Waals surface area contributed by atoms with Crippen LogP contribution in [0.5, 0.6) is 0 Å². The normalized spacial score (nSPS) is 21.9. The standard InChI is InChI=1S/C12H26P.HI/c1-11(2,3)13(12(4,5)6)9-7-8-10-13;/h7-10H2,1-6H3;1H/q+1;/p-1. The molecule has 14 heavy (non-hydrogen) atoms. The van der Waals surface area contributed by atoms with Crippen LogP contribution in [0, 0.1) is 0 Å². The van der Waals surface area contributed by atoms with Crippen LogP contribution in [0.4, 0.5) is 0 Å². The van der Waals surface area contributed by atoms with E-state index in [0.29, 0.717) is 10.3 Å². The molecular weight excluding hydrogens is 302 g/mol. The van der Waals surface area contributed by atoms with E-state index in [2.05, 4.69) is 41.5 Å². The van der Waals surface area contributed by atoms with Gasteiger partial charge in [-0.15, -0.1) is 0 Å². The van der Waals surface area contributed by atoms with Crippen LogP contribution >= 0.6 is 7.26 Å². The second-order valence-corrected chi connectivity index (χ2v) is 12.0. The van der Waals surface area contributed by atoms with E-state index in [9.17, 15) is 0 Å². The molecule has 0 bridgehead atoms. The second-order valence-electron chi connectivity index (χ2n) is 6.46. The minimum absolute atomic E-state index is 0. The van der Waals surface area contributed by atoms with Crippen LogP contribution in [-0.2, 0) is 0 Å². The molecule has 1 rings (SSSR count). The number of rotatable bonds is 0. The van der Waals surface area contributed by atoms with Gasteiger partial charge in [0.15, 0.2) is 0 Å². The first-order valence-electron chi connectivity index (χ1n) is 5.58. The summed E-state index contributed by atoms with van der Waals surface area (Å²) < 4.78 is 0. The van der Waals surface area contributed by atoms with Crippen LogP contribution in [0.2, 0.25) is 0 Å². The highest BCUT2D eigenvalue weighted by Gasteiger charge is 2.58. The van der Waals surface area contributed by atoms with Crippen molar-refractivity contribution in [3.05, 3.63) is 0 Å². The monoisotopic (exact) mass is 328 g/mol. The van der Waals surface area contributed by atoms with Crippen LogP contribution in [-0.4, -0.2) is 22.6 Å². The molecule has 1 heterocycles. The van der Waals surface area contributed by atoms with Gasteiger partial charge in [0.1, 0.15) is 0 Å². The summed E-state index contributed by atoms with van der Waals surface area (Å²) in [5.74, 6) is 0. The van der Waals surface area contributed by atoms with E-state index >= 15 is 0 Å². The molecular formula is C12H26IP. The van der Waals surface area contributed by atoms with Crippen molar-refractivity contribution in [3.63, 3.8) is 0 Å². The van der Waals surface area contributed by atoms with Gasteiger partial charge in [0, 0.05) is 7.26 Å². The molecule has 0 aromatic carbocycles. The van der Waals surface area contributed by atoms with E-state index in [4.69, 9.17) is 0 Å². The van der Waals surface area contributed by atoms with Gasteiger partial charge in [-0.3, -0.25) is 0 Å². The molecule has 86 valence electrons. The predicted octanol–water partition coefficient (Wildman–Crippen LogP) is 1.40. The Morgan fingerprint density at radius 2 is 1.00 bits per heavy atom. The fourth-order valence-electron chi connectivity index (χ4n) is 3.22. The van der Waals surface area contributed by atoms with E-state index in [1.54, 1.807) is 12.3 Å². The lowest BCUT2D eigenvalue weighted by Crippen LogP contribution is -3.00. The Kier molecular flexibility index (Phi) is 4.95. The molecule has 2 heteroatoms. The molecule has 0 amide bonds. The molecule has 1 fully saturated rings. The van der Waals surface area contributed by atoms with Gasteiger partial charge >= 0.3 is 0 Å². The quantitative estimate of drug-likeness (QED) is 0.466. The fourth-order valence-corrected chi connectivity index (χ4v) is 9.67. The Morgan fingerprint density at radius 3 is 1.14 bits per heavy atom. The van der Waals surface area contributed by atoms with E-state index < -0.39 is 7.26 Å². The predicted molar refractivity (Wildman–Crippen MR) is 65.4 cm³/mol. The van der Waals surface area contributed by atoms with Crippen LogP contribution < -0.4 is 24.0 Å². The van der Waals surface area contributed by atoms with Gasteiger partial charge in [0.2, 0.25) is 0 Å². The minimum Gasteiger partial charge on any atom is -1.00 e. The van der Waals surface area contributed by atoms with Crippen molar-refractivity contribution < 1.29 is 24.0 Å². The van der Waals surface area contributed by atoms with E-state index in [0.717, 1.165) is 0 Å². The second kappa shape index (κ2) is 4.57. The molecule has 0 aromatic heterocycles. The molecule has 1 aliphatic rings. The van der Waals surface area contributed by atoms with Gasteiger partial charge in [-0.25, -0.2) is 0 Å². The first-order valence-corrected chi connectivity index (χ1v) is 7.74. The van der Waals surface area contributed by atoms with Crippen molar-refractivity contribution in [2.45, 2.75) is 64.7 Å². The Hall–Kier alpha value is 1.16. The summed E-state index contributed by atoms with van der Waals surface area (Å²) >= 11 is 0. The maximum absolute atomic E-state index is 2.47. The average molecular weight is 328 g/mol. The SMILES string of the molecule is CC(C)(C)[P+]1(C(C)(C)C)CCCC1.[I-]. The van der Waals surface area contributed by atoms with E-state index in [1.807, 2.05) is 0 Å². The van der Waals surface area contributed by atoms with Gasteiger partial charge in [-0.05, 0) is 54.4 Å². The molecule has 0 atom stereocenters. The Morgan fingerprint density at radius 1 is 0.714 bits per heavy atom. The highest BCUT2D eigenvalue weighted by molar-refractivity contribution is 7.78. The molecule has 0 unspecified atom stereocenters. The van der Waals surface area contributed by atoms with Gasteiger partial charge in [0.05, 0.1) is 22.6 Å². The van der Waals surface area contributed by atoms with Crippen molar-refractivity contribution in [2.24, 2.45) is 0 Å². The lowest BCUT2D eigenvalue weighted by atomic mass is 10.2.